The van der Waals surface area contributed by atoms with E-state index in [2.05, 4.69) is 106 Å². The molecule has 0 atom stereocenters. The second kappa shape index (κ2) is 12.0. The molecule has 5 aromatic rings. The molecule has 0 radical (unpaired) electrons. The average Bonchev–Trinajstić information content (AvgIpc) is 3.98. The normalized spacial score (nSPS) is 21.4. The monoisotopic (exact) mass is 644 g/mol. The van der Waals surface area contributed by atoms with Crippen LogP contribution < -0.4 is 10.9 Å². The minimum Gasteiger partial charge on any atom is -0.324 e. The number of fused-ring (bicyclic) bond motifs is 6. The van der Waals surface area contributed by atoms with E-state index in [9.17, 15) is 0 Å². The highest BCUT2D eigenvalue weighted by atomic mass is 15.2. The Morgan fingerprint density at radius 2 is 0.980 bits per heavy atom. The van der Waals surface area contributed by atoms with Crippen molar-refractivity contribution in [3.8, 4) is 11.1 Å². The van der Waals surface area contributed by atoms with Crippen molar-refractivity contribution in [3.63, 3.8) is 0 Å². The van der Waals surface area contributed by atoms with Crippen molar-refractivity contribution in [3.05, 3.63) is 83.9 Å². The van der Waals surface area contributed by atoms with Gasteiger partial charge in [-0.25, -0.2) is 0 Å². The zero-order chi connectivity index (χ0) is 32.7. The minimum atomic E-state index is -0.0839. The summed E-state index contributed by atoms with van der Waals surface area (Å²) < 4.78 is 0. The number of rotatable bonds is 6. The van der Waals surface area contributed by atoms with Gasteiger partial charge in [0.25, 0.3) is 0 Å². The second-order valence-electron chi connectivity index (χ2n) is 16.4. The van der Waals surface area contributed by atoms with Crippen LogP contribution in [0.3, 0.4) is 0 Å². The number of nitrogens with zero attached hydrogens (tertiary/aromatic N) is 4. The summed E-state index contributed by atoms with van der Waals surface area (Å²) in [4.78, 5) is 11.1. The average molecular weight is 645 g/mol. The summed E-state index contributed by atoms with van der Waals surface area (Å²) in [6, 6.07) is 29.4. The van der Waals surface area contributed by atoms with Crippen molar-refractivity contribution in [1.29, 1.82) is 0 Å². The first-order valence-electron chi connectivity index (χ1n) is 19.6. The van der Waals surface area contributed by atoms with E-state index in [1.165, 1.54) is 169 Å². The molecule has 0 N–H and O–H groups in total. The fraction of sp³-hybridized carbons (Fsp3) is 0.442. The predicted molar refractivity (Wildman–Crippen MR) is 211 cm³/mol. The third-order valence-corrected chi connectivity index (χ3v) is 13.2. The van der Waals surface area contributed by atoms with Crippen LogP contribution in [-0.4, -0.2) is 85.6 Å². The lowest BCUT2D eigenvalue weighted by Gasteiger charge is -2.38. The SMILES string of the molecule is CC1(C)c2cc(B(N3CCCC3)N3CCCC3)ccc2-c2cc3c4ccccc4c(B(N4CCCC4)N4CCCC4)cc3c3cccc1c23. The van der Waals surface area contributed by atoms with Gasteiger partial charge in [-0.15, -0.1) is 0 Å². The van der Waals surface area contributed by atoms with Crippen molar-refractivity contribution >= 4 is 57.2 Å². The minimum absolute atomic E-state index is 0.0839. The molecule has 248 valence electrons. The summed E-state index contributed by atoms with van der Waals surface area (Å²) in [5.74, 6) is 0. The Balaban J connectivity index is 1.20. The zero-order valence-corrected chi connectivity index (χ0v) is 29.7. The van der Waals surface area contributed by atoms with Crippen LogP contribution in [0.2, 0.25) is 0 Å². The lowest BCUT2D eigenvalue weighted by atomic mass is 9.60. The Labute approximate surface area is 293 Å². The quantitative estimate of drug-likeness (QED) is 0.143. The first-order chi connectivity index (χ1) is 24.1. The second-order valence-corrected chi connectivity index (χ2v) is 16.4. The lowest BCUT2D eigenvalue weighted by Crippen LogP contribution is -2.58. The molecule has 0 aromatic heterocycles. The molecule has 1 aliphatic carbocycles. The maximum Gasteiger partial charge on any atom is 0.346 e. The summed E-state index contributed by atoms with van der Waals surface area (Å²) in [7, 11) is 0. The molecular formula is C43H50B2N4. The molecular weight excluding hydrogens is 594 g/mol. The number of benzene rings is 5. The Hall–Kier alpha value is -3.15. The summed E-state index contributed by atoms with van der Waals surface area (Å²) in [6.07, 6.45) is 10.6. The smallest absolute Gasteiger partial charge is 0.324 e. The van der Waals surface area contributed by atoms with Gasteiger partial charge in [-0.1, -0.05) is 80.6 Å². The van der Waals surface area contributed by atoms with Gasteiger partial charge < -0.3 is 19.2 Å². The number of hydrogen-bond donors (Lipinski definition) is 0. The van der Waals surface area contributed by atoms with Gasteiger partial charge in [0.2, 0.25) is 0 Å². The van der Waals surface area contributed by atoms with Crippen LogP contribution in [-0.2, 0) is 5.41 Å². The molecule has 5 aromatic carbocycles. The van der Waals surface area contributed by atoms with E-state index >= 15 is 0 Å². The van der Waals surface area contributed by atoms with Crippen LogP contribution in [0.25, 0.3) is 43.4 Å². The van der Waals surface area contributed by atoms with Gasteiger partial charge in [0.15, 0.2) is 0 Å². The molecule has 0 saturated carbocycles. The highest BCUT2D eigenvalue weighted by Crippen LogP contribution is 2.50. The Kier molecular flexibility index (Phi) is 7.49. The molecule has 5 aliphatic rings. The topological polar surface area (TPSA) is 13.0 Å². The van der Waals surface area contributed by atoms with Crippen LogP contribution in [0, 0.1) is 0 Å². The first-order valence-corrected chi connectivity index (χ1v) is 19.6. The van der Waals surface area contributed by atoms with Gasteiger partial charge >= 0.3 is 14.0 Å². The molecule has 49 heavy (non-hydrogen) atoms. The van der Waals surface area contributed by atoms with Crippen LogP contribution in [0.5, 0.6) is 0 Å². The van der Waals surface area contributed by atoms with Crippen molar-refractivity contribution in [2.24, 2.45) is 0 Å². The summed E-state index contributed by atoms with van der Waals surface area (Å²) in [5.41, 5.74) is 8.76. The molecule has 0 spiro atoms. The Morgan fingerprint density at radius 3 is 1.59 bits per heavy atom. The van der Waals surface area contributed by atoms with Gasteiger partial charge in [-0.3, -0.25) is 0 Å². The highest BCUT2D eigenvalue weighted by Gasteiger charge is 2.40. The standard InChI is InChI=1S/C43H50B2N4/c1-43(2)39-17-13-16-35-37-30-41(45(48-24-9-10-25-48)49-26-11-12-27-49)34-15-4-3-14-32(34)36(37)29-38(42(35)39)33-19-18-31(28-40(33)43)44(46-20-5-6-21-46)47-22-7-8-23-47/h3-4,13-19,28-30H,5-12,20-27H2,1-2H3. The van der Waals surface area contributed by atoms with E-state index in [0.717, 1.165) is 0 Å². The van der Waals surface area contributed by atoms with Crippen LogP contribution in [0.15, 0.2) is 72.8 Å². The Bertz CT molecular complexity index is 2030. The van der Waals surface area contributed by atoms with Gasteiger partial charge in [-0.05, 0) is 175 Å². The van der Waals surface area contributed by atoms with E-state index < -0.39 is 0 Å². The molecule has 10 rings (SSSR count). The first kappa shape index (κ1) is 30.7. The predicted octanol–water partition coefficient (Wildman–Crippen LogP) is 7.23. The number of hydrogen-bond acceptors (Lipinski definition) is 4. The van der Waals surface area contributed by atoms with E-state index in [-0.39, 0.29) is 5.41 Å². The molecule has 4 nitrogen and oxygen atoms in total. The van der Waals surface area contributed by atoms with E-state index in [1.807, 2.05) is 0 Å². The highest BCUT2D eigenvalue weighted by molar-refractivity contribution is 6.71. The fourth-order valence-electron chi connectivity index (χ4n) is 10.9. The van der Waals surface area contributed by atoms with E-state index in [1.54, 1.807) is 0 Å². The molecule has 6 heteroatoms. The van der Waals surface area contributed by atoms with Crippen LogP contribution >= 0.6 is 0 Å². The summed E-state index contributed by atoms with van der Waals surface area (Å²) in [6.45, 7) is 15.5. The van der Waals surface area contributed by atoms with Crippen molar-refractivity contribution < 1.29 is 0 Å². The maximum atomic E-state index is 2.79. The third-order valence-electron chi connectivity index (χ3n) is 13.2. The van der Waals surface area contributed by atoms with Gasteiger partial charge in [0, 0.05) is 5.41 Å². The fourth-order valence-corrected chi connectivity index (χ4v) is 10.9. The van der Waals surface area contributed by atoms with E-state index in [0.29, 0.717) is 14.0 Å². The Morgan fingerprint density at radius 1 is 0.449 bits per heavy atom. The van der Waals surface area contributed by atoms with Gasteiger partial charge in [-0.2, -0.15) is 0 Å². The van der Waals surface area contributed by atoms with Crippen molar-refractivity contribution in [2.75, 3.05) is 52.4 Å². The van der Waals surface area contributed by atoms with Crippen molar-refractivity contribution in [2.45, 2.75) is 70.6 Å². The molecule has 0 bridgehead atoms. The maximum absolute atomic E-state index is 2.79. The molecule has 4 saturated heterocycles. The van der Waals surface area contributed by atoms with Gasteiger partial charge in [0.1, 0.15) is 0 Å². The largest absolute Gasteiger partial charge is 0.346 e. The van der Waals surface area contributed by atoms with E-state index in [4.69, 9.17) is 0 Å². The van der Waals surface area contributed by atoms with Crippen LogP contribution in [0.4, 0.5) is 0 Å². The van der Waals surface area contributed by atoms with Gasteiger partial charge in [0.05, 0.1) is 0 Å². The molecule has 0 amide bonds. The molecule has 0 unspecified atom stereocenters. The third kappa shape index (κ3) is 4.81. The molecule has 4 heterocycles. The van der Waals surface area contributed by atoms with Crippen molar-refractivity contribution in [1.82, 2.24) is 19.2 Å². The zero-order valence-electron chi connectivity index (χ0n) is 29.7. The summed E-state index contributed by atoms with van der Waals surface area (Å²) >= 11 is 0. The lowest BCUT2D eigenvalue weighted by molar-refractivity contribution is 0.436. The van der Waals surface area contributed by atoms with Crippen LogP contribution in [0.1, 0.15) is 76.3 Å². The molecule has 4 aliphatic heterocycles. The summed E-state index contributed by atoms with van der Waals surface area (Å²) in [5, 5.41) is 8.57. The molecule has 4 fully saturated rings.